The molecule has 4 aromatic rings. The van der Waals surface area contributed by atoms with Crippen LogP contribution in [0.3, 0.4) is 0 Å². The number of aromatic nitrogens is 4. The van der Waals surface area contributed by atoms with E-state index < -0.39 is 11.2 Å². The first-order valence-electron chi connectivity index (χ1n) is 20.1. The van der Waals surface area contributed by atoms with E-state index in [4.69, 9.17) is 19.4 Å². The smallest absolute Gasteiger partial charge is 0.410 e. The van der Waals surface area contributed by atoms with Crippen LogP contribution in [0.2, 0.25) is 0 Å². The quantitative estimate of drug-likeness (QED) is 0.211. The van der Waals surface area contributed by atoms with Gasteiger partial charge in [0.05, 0.1) is 35.9 Å². The monoisotopic (exact) mass is 732 g/mol. The van der Waals surface area contributed by atoms with Gasteiger partial charge in [0.2, 0.25) is 0 Å². The average Bonchev–Trinajstić information content (AvgIpc) is 3.95. The van der Waals surface area contributed by atoms with Crippen molar-refractivity contribution < 1.29 is 19.1 Å². The van der Waals surface area contributed by atoms with Gasteiger partial charge in [0.25, 0.3) is 0 Å². The van der Waals surface area contributed by atoms with Crippen LogP contribution in [0, 0.1) is 5.41 Å². The lowest BCUT2D eigenvalue weighted by Gasteiger charge is -2.33. The van der Waals surface area contributed by atoms with Gasteiger partial charge in [-0.05, 0) is 126 Å². The van der Waals surface area contributed by atoms with Crippen LogP contribution in [-0.2, 0) is 22.3 Å². The minimum atomic E-state index is -0.541. The number of imidazole rings is 2. The zero-order chi connectivity index (χ0) is 37.8. The number of ether oxygens (including phenoxy) is 2. The Labute approximate surface area is 319 Å². The van der Waals surface area contributed by atoms with Crippen molar-refractivity contribution in [3.05, 3.63) is 71.6 Å². The maximum Gasteiger partial charge on any atom is 0.410 e. The Bertz CT molecular complexity index is 2010. The third-order valence-electron chi connectivity index (χ3n) is 11.8. The highest BCUT2D eigenvalue weighted by atomic mass is 16.6. The van der Waals surface area contributed by atoms with Crippen LogP contribution < -0.4 is 0 Å². The summed E-state index contributed by atoms with van der Waals surface area (Å²) >= 11 is 0. The van der Waals surface area contributed by atoms with Crippen molar-refractivity contribution >= 4 is 12.2 Å². The third-order valence-corrected chi connectivity index (χ3v) is 11.8. The van der Waals surface area contributed by atoms with Crippen LogP contribution in [0.4, 0.5) is 9.59 Å². The molecule has 4 aliphatic rings. The molecule has 2 saturated heterocycles. The molecule has 8 rings (SSSR count). The van der Waals surface area contributed by atoms with E-state index in [1.807, 2.05) is 58.8 Å². The van der Waals surface area contributed by atoms with Crippen LogP contribution in [0.25, 0.3) is 33.6 Å². The number of amides is 2. The largest absolute Gasteiger partial charge is 0.444 e. The fourth-order valence-corrected chi connectivity index (χ4v) is 9.39. The molecule has 54 heavy (non-hydrogen) atoms. The van der Waals surface area contributed by atoms with Gasteiger partial charge in [0, 0.05) is 18.7 Å². The van der Waals surface area contributed by atoms with Crippen LogP contribution in [0.5, 0.6) is 0 Å². The lowest BCUT2D eigenvalue weighted by molar-refractivity contribution is 0.0208. The molecule has 286 valence electrons. The molecule has 2 aromatic heterocycles. The number of carbonyl (C=O) groups is 2. The number of likely N-dealkylation sites (tertiary alicyclic amines) is 2. The van der Waals surface area contributed by atoms with Crippen molar-refractivity contribution in [2.75, 3.05) is 13.1 Å². The minimum absolute atomic E-state index is 0.114. The molecule has 0 bridgehead atoms. The van der Waals surface area contributed by atoms with Gasteiger partial charge in [0.15, 0.2) is 0 Å². The summed E-state index contributed by atoms with van der Waals surface area (Å²) in [5, 5.41) is 0. The summed E-state index contributed by atoms with van der Waals surface area (Å²) < 4.78 is 11.4. The summed E-state index contributed by atoms with van der Waals surface area (Å²) in [6.45, 7) is 12.8. The molecule has 1 saturated carbocycles. The Morgan fingerprint density at radius 1 is 0.648 bits per heavy atom. The Morgan fingerprint density at radius 3 is 1.69 bits per heavy atom. The minimum Gasteiger partial charge on any atom is -0.444 e. The van der Waals surface area contributed by atoms with E-state index in [0.717, 1.165) is 67.1 Å². The van der Waals surface area contributed by atoms with Gasteiger partial charge in [-0.2, -0.15) is 0 Å². The van der Waals surface area contributed by atoms with Gasteiger partial charge in [-0.1, -0.05) is 55.7 Å². The SMILES string of the molecule is CC(C)(C)OC(=O)N1CCCC1c1ncc(-c2ccc(-c3ccc(-c4cnc(C5CCCN5C(=O)OC(C)(C)C)[nH]4)c4c3CC3(CCCCC3)C4)cc2)[nH]1. The van der Waals surface area contributed by atoms with E-state index >= 15 is 0 Å². The summed E-state index contributed by atoms with van der Waals surface area (Å²) in [5.74, 6) is 1.63. The molecule has 10 nitrogen and oxygen atoms in total. The number of rotatable bonds is 5. The molecule has 0 radical (unpaired) electrons. The van der Waals surface area contributed by atoms with Gasteiger partial charge >= 0.3 is 12.2 Å². The molecule has 2 unspecified atom stereocenters. The molecule has 3 fully saturated rings. The number of hydrogen-bond donors (Lipinski definition) is 2. The Balaban J connectivity index is 1.06. The highest BCUT2D eigenvalue weighted by Crippen LogP contribution is 2.52. The maximum atomic E-state index is 13.1. The Morgan fingerprint density at radius 2 is 1.13 bits per heavy atom. The second-order valence-electron chi connectivity index (χ2n) is 18.1. The second kappa shape index (κ2) is 13.9. The van der Waals surface area contributed by atoms with Crippen LogP contribution in [-0.4, -0.2) is 66.2 Å². The number of fused-ring (bicyclic) bond motifs is 1. The number of aromatic amines is 2. The number of carbonyl (C=O) groups excluding carboxylic acids is 2. The molecule has 4 heterocycles. The summed E-state index contributed by atoms with van der Waals surface area (Å²) in [7, 11) is 0. The molecule has 1 spiro atoms. The van der Waals surface area contributed by atoms with E-state index in [9.17, 15) is 9.59 Å². The molecular weight excluding hydrogens is 677 g/mol. The van der Waals surface area contributed by atoms with E-state index in [1.54, 1.807) is 4.90 Å². The number of H-pyrrole nitrogens is 2. The van der Waals surface area contributed by atoms with Crippen molar-refractivity contribution in [1.82, 2.24) is 29.7 Å². The lowest BCUT2D eigenvalue weighted by Crippen LogP contribution is -2.36. The summed E-state index contributed by atoms with van der Waals surface area (Å²) in [4.78, 5) is 46.5. The predicted octanol–water partition coefficient (Wildman–Crippen LogP) is 10.3. The lowest BCUT2D eigenvalue weighted by atomic mass is 9.72. The predicted molar refractivity (Wildman–Crippen MR) is 210 cm³/mol. The first-order valence-corrected chi connectivity index (χ1v) is 20.1. The van der Waals surface area contributed by atoms with Gasteiger partial charge in [-0.25, -0.2) is 19.6 Å². The molecule has 2 amide bonds. The van der Waals surface area contributed by atoms with Crippen molar-refractivity contribution in [3.8, 4) is 33.6 Å². The molecule has 2 aliphatic carbocycles. The highest BCUT2D eigenvalue weighted by molar-refractivity contribution is 5.79. The number of hydrogen-bond acceptors (Lipinski definition) is 6. The summed E-state index contributed by atoms with van der Waals surface area (Å²) in [6.07, 6.45) is 15.5. The number of nitrogens with one attached hydrogen (secondary N) is 2. The fraction of sp³-hybridized carbons (Fsp3) is 0.545. The topological polar surface area (TPSA) is 116 Å². The molecule has 2 N–H and O–H groups in total. The van der Waals surface area contributed by atoms with Gasteiger partial charge < -0.3 is 19.4 Å². The first-order chi connectivity index (χ1) is 25.8. The third kappa shape index (κ3) is 7.28. The molecule has 2 atom stereocenters. The second-order valence-corrected chi connectivity index (χ2v) is 18.1. The fourth-order valence-electron chi connectivity index (χ4n) is 9.39. The zero-order valence-electron chi connectivity index (χ0n) is 32.9. The number of benzene rings is 2. The Hall–Kier alpha value is -4.60. The van der Waals surface area contributed by atoms with Crippen LogP contribution in [0.1, 0.15) is 134 Å². The Kier molecular flexibility index (Phi) is 9.37. The van der Waals surface area contributed by atoms with Crippen LogP contribution >= 0.6 is 0 Å². The average molecular weight is 733 g/mol. The van der Waals surface area contributed by atoms with E-state index in [2.05, 4.69) is 46.4 Å². The first kappa shape index (κ1) is 36.4. The highest BCUT2D eigenvalue weighted by Gasteiger charge is 2.41. The van der Waals surface area contributed by atoms with Gasteiger partial charge in [-0.3, -0.25) is 9.80 Å². The van der Waals surface area contributed by atoms with Gasteiger partial charge in [0.1, 0.15) is 22.9 Å². The maximum absolute atomic E-state index is 13.1. The van der Waals surface area contributed by atoms with Gasteiger partial charge in [-0.15, -0.1) is 0 Å². The van der Waals surface area contributed by atoms with Crippen molar-refractivity contribution in [2.45, 2.75) is 135 Å². The van der Waals surface area contributed by atoms with E-state index in [0.29, 0.717) is 18.5 Å². The summed E-state index contributed by atoms with van der Waals surface area (Å²) in [5.41, 5.74) is 8.90. The molecule has 10 heteroatoms. The summed E-state index contributed by atoms with van der Waals surface area (Å²) in [6, 6.07) is 13.2. The molecule has 2 aliphatic heterocycles. The normalized spacial score (nSPS) is 21.1. The zero-order valence-corrected chi connectivity index (χ0v) is 32.9. The molecule has 2 aromatic carbocycles. The van der Waals surface area contributed by atoms with Crippen molar-refractivity contribution in [1.29, 1.82) is 0 Å². The van der Waals surface area contributed by atoms with Crippen molar-refractivity contribution in [2.24, 2.45) is 5.41 Å². The van der Waals surface area contributed by atoms with Crippen LogP contribution in [0.15, 0.2) is 48.8 Å². The molecular formula is C44H56N6O4. The van der Waals surface area contributed by atoms with E-state index in [1.165, 1.54) is 59.9 Å². The standard InChI is InChI=1S/C44H56N6O4/c1-42(2,3)53-40(51)49-22-10-12-36(49)38-45-26-34(47-38)29-16-14-28(15-17-29)30-18-19-31(33-25-44(24-32(30)33)20-8-7-9-21-44)35-27-46-39(48-35)37-13-11-23-50(37)41(52)54-43(4,5)6/h14-19,26-27,36-37H,7-13,20-25H2,1-6H3,(H,45,47)(H,46,48). The van der Waals surface area contributed by atoms with E-state index in [-0.39, 0.29) is 24.3 Å². The number of nitrogens with zero attached hydrogens (tertiary/aromatic N) is 4. The van der Waals surface area contributed by atoms with Crippen molar-refractivity contribution in [3.63, 3.8) is 0 Å².